The zero-order valence-corrected chi connectivity index (χ0v) is 8.80. The average molecular weight is 201 g/mol. The van der Waals surface area contributed by atoms with E-state index in [1.165, 1.54) is 5.56 Å². The summed E-state index contributed by atoms with van der Waals surface area (Å²) in [6.07, 6.45) is 5.92. The maximum Gasteiger partial charge on any atom is 0.0491 e. The molecule has 3 nitrogen and oxygen atoms in total. The topological polar surface area (TPSA) is 43.8 Å². The second-order valence-corrected chi connectivity index (χ2v) is 3.65. The Morgan fingerprint density at radius 1 is 1.40 bits per heavy atom. The fourth-order valence-corrected chi connectivity index (χ4v) is 1.74. The normalized spacial score (nSPS) is 12.7. The zero-order chi connectivity index (χ0) is 10.7. The van der Waals surface area contributed by atoms with E-state index >= 15 is 0 Å². The van der Waals surface area contributed by atoms with E-state index in [0.717, 1.165) is 5.69 Å². The van der Waals surface area contributed by atoms with Gasteiger partial charge in [-0.1, -0.05) is 6.07 Å². The molecule has 0 saturated heterocycles. The molecule has 2 heterocycles. The zero-order valence-electron chi connectivity index (χ0n) is 8.80. The number of hydrogen-bond acceptors (Lipinski definition) is 2. The number of aryl methyl sites for hydroxylation is 1. The van der Waals surface area contributed by atoms with Crippen LogP contribution < -0.4 is 5.73 Å². The monoisotopic (exact) mass is 201 g/mol. The number of rotatable bonds is 3. The summed E-state index contributed by atoms with van der Waals surface area (Å²) in [5.41, 5.74) is 8.05. The molecule has 0 amide bonds. The Bertz CT molecular complexity index is 419. The summed E-state index contributed by atoms with van der Waals surface area (Å²) in [5, 5.41) is 0. The lowest BCUT2D eigenvalue weighted by Gasteiger charge is -2.12. The second kappa shape index (κ2) is 4.28. The van der Waals surface area contributed by atoms with E-state index in [1.807, 2.05) is 36.0 Å². The largest absolute Gasteiger partial charge is 0.357 e. The van der Waals surface area contributed by atoms with Gasteiger partial charge in [0.2, 0.25) is 0 Å². The first-order valence-electron chi connectivity index (χ1n) is 5.04. The highest BCUT2D eigenvalue weighted by Gasteiger charge is 2.13. The van der Waals surface area contributed by atoms with E-state index < -0.39 is 0 Å². The Morgan fingerprint density at radius 2 is 2.27 bits per heavy atom. The van der Waals surface area contributed by atoms with Crippen LogP contribution in [-0.2, 0) is 7.05 Å². The Morgan fingerprint density at radius 3 is 2.80 bits per heavy atom. The standard InChI is InChI=1S/C12H15N3/c1-15-7-5-10(9-15)11(8-13)12-4-2-3-6-14-12/h2-7,9,11H,8,13H2,1H3. The van der Waals surface area contributed by atoms with Crippen molar-refractivity contribution in [2.45, 2.75) is 5.92 Å². The molecule has 1 unspecified atom stereocenters. The fourth-order valence-electron chi connectivity index (χ4n) is 1.74. The molecule has 78 valence electrons. The van der Waals surface area contributed by atoms with Gasteiger partial charge in [-0.3, -0.25) is 4.98 Å². The smallest absolute Gasteiger partial charge is 0.0491 e. The van der Waals surface area contributed by atoms with Gasteiger partial charge in [-0.05, 0) is 23.8 Å². The van der Waals surface area contributed by atoms with Gasteiger partial charge in [0.05, 0.1) is 0 Å². The Balaban J connectivity index is 2.33. The highest BCUT2D eigenvalue weighted by molar-refractivity contribution is 5.27. The quantitative estimate of drug-likeness (QED) is 0.818. The Hall–Kier alpha value is -1.61. The van der Waals surface area contributed by atoms with Crippen LogP contribution in [0, 0.1) is 0 Å². The van der Waals surface area contributed by atoms with E-state index in [2.05, 4.69) is 17.2 Å². The summed E-state index contributed by atoms with van der Waals surface area (Å²) in [4.78, 5) is 4.35. The van der Waals surface area contributed by atoms with Crippen LogP contribution in [0.1, 0.15) is 17.2 Å². The fraction of sp³-hybridized carbons (Fsp3) is 0.250. The number of aromatic nitrogens is 2. The number of hydrogen-bond donors (Lipinski definition) is 1. The molecule has 3 heteroatoms. The molecule has 0 fully saturated rings. The minimum absolute atomic E-state index is 0.201. The Labute approximate surface area is 89.6 Å². The van der Waals surface area contributed by atoms with Crippen LogP contribution >= 0.6 is 0 Å². The first kappa shape index (κ1) is 9.93. The van der Waals surface area contributed by atoms with Crippen LogP contribution in [0.5, 0.6) is 0 Å². The molecule has 1 atom stereocenters. The minimum atomic E-state index is 0.201. The third kappa shape index (κ3) is 2.07. The van der Waals surface area contributed by atoms with Crippen LogP contribution in [0.2, 0.25) is 0 Å². The van der Waals surface area contributed by atoms with Crippen LogP contribution in [-0.4, -0.2) is 16.1 Å². The maximum atomic E-state index is 5.80. The van der Waals surface area contributed by atoms with Crippen molar-refractivity contribution >= 4 is 0 Å². The molecule has 0 aliphatic carbocycles. The highest BCUT2D eigenvalue weighted by Crippen LogP contribution is 2.21. The summed E-state index contributed by atoms with van der Waals surface area (Å²) in [7, 11) is 2.01. The van der Waals surface area contributed by atoms with Gasteiger partial charge >= 0.3 is 0 Å². The van der Waals surface area contributed by atoms with E-state index in [1.54, 1.807) is 6.20 Å². The average Bonchev–Trinajstić information content (AvgIpc) is 2.68. The molecule has 0 radical (unpaired) electrons. The number of nitrogens with zero attached hydrogens (tertiary/aromatic N) is 2. The molecule has 15 heavy (non-hydrogen) atoms. The molecular formula is C12H15N3. The van der Waals surface area contributed by atoms with Crippen molar-refractivity contribution in [2.24, 2.45) is 12.8 Å². The third-order valence-electron chi connectivity index (χ3n) is 2.54. The van der Waals surface area contributed by atoms with Crippen LogP contribution in [0.25, 0.3) is 0 Å². The molecule has 0 saturated carbocycles. The second-order valence-electron chi connectivity index (χ2n) is 3.65. The minimum Gasteiger partial charge on any atom is -0.357 e. The van der Waals surface area contributed by atoms with Crippen molar-refractivity contribution in [2.75, 3.05) is 6.54 Å². The predicted octanol–water partition coefficient (Wildman–Crippen LogP) is 1.51. The van der Waals surface area contributed by atoms with Gasteiger partial charge in [-0.15, -0.1) is 0 Å². The number of nitrogens with two attached hydrogens (primary N) is 1. The summed E-state index contributed by atoms with van der Waals surface area (Å²) < 4.78 is 2.03. The van der Waals surface area contributed by atoms with Gasteiger partial charge in [-0.25, -0.2) is 0 Å². The van der Waals surface area contributed by atoms with Crippen molar-refractivity contribution in [3.63, 3.8) is 0 Å². The molecule has 2 rings (SSSR count). The molecule has 0 spiro atoms. The molecule has 2 aromatic rings. The molecule has 0 aromatic carbocycles. The van der Waals surface area contributed by atoms with Gasteiger partial charge in [0.25, 0.3) is 0 Å². The lowest BCUT2D eigenvalue weighted by Crippen LogP contribution is -2.14. The molecule has 0 aliphatic heterocycles. The number of pyridine rings is 1. The van der Waals surface area contributed by atoms with Gasteiger partial charge < -0.3 is 10.3 Å². The van der Waals surface area contributed by atoms with Crippen molar-refractivity contribution < 1.29 is 0 Å². The SMILES string of the molecule is Cn1ccc(C(CN)c2ccccn2)c1. The van der Waals surface area contributed by atoms with Crippen molar-refractivity contribution in [1.29, 1.82) is 0 Å². The molecule has 2 N–H and O–H groups in total. The van der Waals surface area contributed by atoms with E-state index in [0.29, 0.717) is 6.54 Å². The van der Waals surface area contributed by atoms with E-state index in [9.17, 15) is 0 Å². The van der Waals surface area contributed by atoms with Gasteiger partial charge in [-0.2, -0.15) is 0 Å². The van der Waals surface area contributed by atoms with E-state index in [4.69, 9.17) is 5.73 Å². The maximum absolute atomic E-state index is 5.80. The van der Waals surface area contributed by atoms with Crippen LogP contribution in [0.15, 0.2) is 42.9 Å². The van der Waals surface area contributed by atoms with Gasteiger partial charge in [0.1, 0.15) is 0 Å². The van der Waals surface area contributed by atoms with Gasteiger partial charge in [0, 0.05) is 43.8 Å². The summed E-state index contributed by atoms with van der Waals surface area (Å²) >= 11 is 0. The summed E-state index contributed by atoms with van der Waals surface area (Å²) in [6.45, 7) is 0.584. The lowest BCUT2D eigenvalue weighted by molar-refractivity contribution is 0.782. The van der Waals surface area contributed by atoms with Crippen LogP contribution in [0.4, 0.5) is 0 Å². The van der Waals surface area contributed by atoms with Gasteiger partial charge in [0.15, 0.2) is 0 Å². The first-order chi connectivity index (χ1) is 7.31. The molecular weight excluding hydrogens is 186 g/mol. The third-order valence-corrected chi connectivity index (χ3v) is 2.54. The van der Waals surface area contributed by atoms with E-state index in [-0.39, 0.29) is 5.92 Å². The van der Waals surface area contributed by atoms with Crippen molar-refractivity contribution in [3.8, 4) is 0 Å². The predicted molar refractivity (Wildman–Crippen MR) is 60.5 cm³/mol. The lowest BCUT2D eigenvalue weighted by atomic mass is 9.98. The summed E-state index contributed by atoms with van der Waals surface area (Å²) in [5.74, 6) is 0.201. The first-order valence-corrected chi connectivity index (χ1v) is 5.04. The molecule has 2 aromatic heterocycles. The summed E-state index contributed by atoms with van der Waals surface area (Å²) in [6, 6.07) is 8.02. The van der Waals surface area contributed by atoms with Crippen molar-refractivity contribution in [3.05, 3.63) is 54.1 Å². The van der Waals surface area contributed by atoms with Crippen molar-refractivity contribution in [1.82, 2.24) is 9.55 Å². The Kier molecular flexibility index (Phi) is 2.83. The highest BCUT2D eigenvalue weighted by atomic mass is 14.9. The molecule has 0 bridgehead atoms. The van der Waals surface area contributed by atoms with Crippen LogP contribution in [0.3, 0.4) is 0 Å². The molecule has 0 aliphatic rings.